The van der Waals surface area contributed by atoms with Gasteiger partial charge in [0.1, 0.15) is 0 Å². The van der Waals surface area contributed by atoms with E-state index in [4.69, 9.17) is 16.0 Å². The summed E-state index contributed by atoms with van der Waals surface area (Å²) >= 11 is 9.10. The zero-order chi connectivity index (χ0) is 21.2. The molecule has 8 nitrogen and oxygen atoms in total. The molecule has 0 unspecified atom stereocenters. The molecule has 0 aliphatic heterocycles. The van der Waals surface area contributed by atoms with Crippen LogP contribution in [-0.2, 0) is 11.3 Å². The minimum absolute atomic E-state index is 0.00697. The topological polar surface area (TPSA) is 101 Å². The van der Waals surface area contributed by atoms with Gasteiger partial charge in [-0.25, -0.2) is 4.98 Å². The van der Waals surface area contributed by atoms with Crippen LogP contribution in [0.2, 0.25) is 5.02 Å². The van der Waals surface area contributed by atoms with Gasteiger partial charge in [-0.2, -0.15) is 0 Å². The Bertz CT molecular complexity index is 1190. The van der Waals surface area contributed by atoms with Crippen molar-refractivity contribution >= 4 is 40.6 Å². The molecule has 1 fully saturated rings. The van der Waals surface area contributed by atoms with Crippen molar-refractivity contribution in [2.24, 2.45) is 0 Å². The third kappa shape index (κ3) is 4.65. The maximum absolute atomic E-state index is 12.9. The highest BCUT2D eigenvalue weighted by molar-refractivity contribution is 7.99. The summed E-state index contributed by atoms with van der Waals surface area (Å²) in [5, 5.41) is 18.4. The molecule has 1 N–H and O–H groups in total. The molecule has 1 aliphatic carbocycles. The van der Waals surface area contributed by atoms with E-state index >= 15 is 0 Å². The van der Waals surface area contributed by atoms with Crippen molar-refractivity contribution in [2.45, 2.75) is 30.6 Å². The van der Waals surface area contributed by atoms with Crippen LogP contribution >= 0.6 is 34.7 Å². The molecular formula is C20H17ClN6O2S2. The number of H-pyrrole nitrogens is 1. The zero-order valence-electron chi connectivity index (χ0n) is 16.2. The van der Waals surface area contributed by atoms with E-state index in [0.717, 1.165) is 17.7 Å². The predicted octanol–water partition coefficient (Wildman–Crippen LogP) is 4.52. The number of amides is 1. The third-order valence-corrected chi connectivity index (χ3v) is 6.77. The lowest BCUT2D eigenvalue weighted by atomic mass is 10.2. The van der Waals surface area contributed by atoms with Gasteiger partial charge in [-0.15, -0.1) is 26.6 Å². The fourth-order valence-electron chi connectivity index (χ4n) is 3.06. The number of hydrogen-bond donors (Lipinski definition) is 1. The van der Waals surface area contributed by atoms with Crippen LogP contribution < -0.4 is 0 Å². The molecule has 0 bridgehead atoms. The van der Waals surface area contributed by atoms with Crippen molar-refractivity contribution in [1.82, 2.24) is 30.3 Å². The van der Waals surface area contributed by atoms with Crippen LogP contribution in [0.25, 0.3) is 22.2 Å². The predicted molar refractivity (Wildman–Crippen MR) is 119 cm³/mol. The molecule has 31 heavy (non-hydrogen) atoms. The van der Waals surface area contributed by atoms with Gasteiger partial charge in [-0.3, -0.25) is 9.89 Å². The second-order valence-electron chi connectivity index (χ2n) is 6.97. The molecule has 11 heteroatoms. The Balaban J connectivity index is 1.23. The molecule has 158 valence electrons. The van der Waals surface area contributed by atoms with E-state index in [2.05, 4.69) is 25.4 Å². The van der Waals surface area contributed by atoms with Gasteiger partial charge < -0.3 is 9.32 Å². The number of rotatable bonds is 8. The molecular weight excluding hydrogens is 456 g/mol. The van der Waals surface area contributed by atoms with Crippen LogP contribution in [-0.4, -0.2) is 48.0 Å². The molecule has 0 atom stereocenters. The van der Waals surface area contributed by atoms with Crippen LogP contribution in [0.1, 0.15) is 18.7 Å². The van der Waals surface area contributed by atoms with E-state index in [0.29, 0.717) is 33.3 Å². The average Bonchev–Trinajstić information content (AvgIpc) is 3.18. The summed E-state index contributed by atoms with van der Waals surface area (Å²) in [5.41, 5.74) is 0.675. The summed E-state index contributed by atoms with van der Waals surface area (Å²) in [6, 6.07) is 11.4. The molecule has 3 aromatic heterocycles. The van der Waals surface area contributed by atoms with E-state index in [1.165, 1.54) is 11.8 Å². The second-order valence-corrected chi connectivity index (χ2v) is 9.26. The van der Waals surface area contributed by atoms with Gasteiger partial charge in [0.2, 0.25) is 22.8 Å². The highest BCUT2D eigenvalue weighted by Crippen LogP contribution is 2.31. The van der Waals surface area contributed by atoms with Gasteiger partial charge in [0.05, 0.1) is 27.8 Å². The Hall–Kier alpha value is -2.69. The Morgan fingerprint density at radius 2 is 2.13 bits per heavy atom. The molecule has 1 saturated carbocycles. The number of thiophene rings is 1. The van der Waals surface area contributed by atoms with E-state index in [9.17, 15) is 4.79 Å². The number of nitrogens with one attached hydrogen (secondary N) is 1. The van der Waals surface area contributed by atoms with Crippen molar-refractivity contribution < 1.29 is 9.21 Å². The molecule has 0 radical (unpaired) electrons. The highest BCUT2D eigenvalue weighted by atomic mass is 35.5. The maximum atomic E-state index is 12.9. The summed E-state index contributed by atoms with van der Waals surface area (Å²) in [6.45, 7) is 0.274. The fraction of sp³-hybridized carbons (Fsp3) is 0.250. The largest absolute Gasteiger partial charge is 0.419 e. The van der Waals surface area contributed by atoms with Crippen molar-refractivity contribution in [3.8, 4) is 22.2 Å². The van der Waals surface area contributed by atoms with Gasteiger partial charge in [0, 0.05) is 6.04 Å². The van der Waals surface area contributed by atoms with Gasteiger partial charge in [-0.1, -0.05) is 41.6 Å². The van der Waals surface area contributed by atoms with E-state index in [1.807, 2.05) is 35.7 Å². The summed E-state index contributed by atoms with van der Waals surface area (Å²) in [6.07, 6.45) is 1.95. The number of aromatic nitrogens is 5. The Labute approximate surface area is 191 Å². The number of aromatic amines is 1. The molecule has 5 rings (SSSR count). The number of carbonyl (C=O) groups is 1. The first-order valence-corrected chi connectivity index (χ1v) is 11.9. The van der Waals surface area contributed by atoms with Crippen molar-refractivity contribution in [2.75, 3.05) is 5.75 Å². The molecule has 3 heterocycles. The van der Waals surface area contributed by atoms with Crippen LogP contribution in [0.3, 0.4) is 0 Å². The van der Waals surface area contributed by atoms with Gasteiger partial charge in [0.25, 0.3) is 0 Å². The molecule has 4 aromatic rings. The van der Waals surface area contributed by atoms with Crippen LogP contribution in [0.15, 0.2) is 51.4 Å². The number of thioether (sulfide) groups is 1. The van der Waals surface area contributed by atoms with Crippen molar-refractivity contribution in [3.63, 3.8) is 0 Å². The minimum Gasteiger partial charge on any atom is -0.419 e. The van der Waals surface area contributed by atoms with Crippen molar-refractivity contribution in [1.29, 1.82) is 0 Å². The molecule has 1 aromatic carbocycles. The molecule has 1 amide bonds. The normalized spacial score (nSPS) is 13.5. The molecule has 0 spiro atoms. The number of nitrogens with zero attached hydrogens (tertiary/aromatic N) is 5. The minimum atomic E-state index is -0.00697. The Morgan fingerprint density at radius 3 is 2.90 bits per heavy atom. The van der Waals surface area contributed by atoms with Gasteiger partial charge >= 0.3 is 0 Å². The summed E-state index contributed by atoms with van der Waals surface area (Å²) in [7, 11) is 0. The fourth-order valence-corrected chi connectivity index (χ4v) is 4.62. The van der Waals surface area contributed by atoms with Crippen molar-refractivity contribution in [3.05, 3.63) is 52.7 Å². The molecule has 1 aliphatic rings. The first kappa shape index (κ1) is 20.2. The summed E-state index contributed by atoms with van der Waals surface area (Å²) in [5.74, 6) is 1.68. The highest BCUT2D eigenvalue weighted by Gasteiger charge is 2.34. The van der Waals surface area contributed by atoms with E-state index in [1.54, 1.807) is 22.3 Å². The first-order chi connectivity index (χ1) is 15.2. The number of benzene rings is 1. The molecule has 0 saturated heterocycles. The lowest BCUT2D eigenvalue weighted by Gasteiger charge is -2.19. The maximum Gasteiger partial charge on any atom is 0.249 e. The number of halogens is 1. The monoisotopic (exact) mass is 472 g/mol. The summed E-state index contributed by atoms with van der Waals surface area (Å²) < 4.78 is 5.78. The summed E-state index contributed by atoms with van der Waals surface area (Å²) in [4.78, 5) is 20.2. The zero-order valence-corrected chi connectivity index (χ0v) is 18.6. The van der Waals surface area contributed by atoms with Crippen LogP contribution in [0.4, 0.5) is 0 Å². The quantitative estimate of drug-likeness (QED) is 0.376. The lowest BCUT2D eigenvalue weighted by Crippen LogP contribution is -2.34. The standard InChI is InChI=1S/C20H17ClN6O2S2/c21-14-5-2-1-4-13(14)19-25-23-16(29-19)10-27(12-7-8-12)17(28)11-31-20-22-18(24-26-20)15-6-3-9-30-15/h1-6,9,12H,7-8,10-11H2,(H,22,24,26). The second kappa shape index (κ2) is 8.81. The van der Waals surface area contributed by atoms with Gasteiger partial charge in [0.15, 0.2) is 5.82 Å². The lowest BCUT2D eigenvalue weighted by molar-refractivity contribution is -0.129. The average molecular weight is 473 g/mol. The smallest absolute Gasteiger partial charge is 0.249 e. The Kier molecular flexibility index (Phi) is 5.75. The van der Waals surface area contributed by atoms with Crippen LogP contribution in [0, 0.1) is 0 Å². The third-order valence-electron chi connectivity index (χ3n) is 4.73. The van der Waals surface area contributed by atoms with E-state index in [-0.39, 0.29) is 24.2 Å². The number of carbonyl (C=O) groups excluding carboxylic acids is 1. The Morgan fingerprint density at radius 1 is 1.26 bits per heavy atom. The van der Waals surface area contributed by atoms with E-state index < -0.39 is 0 Å². The van der Waals surface area contributed by atoms with Crippen LogP contribution in [0.5, 0.6) is 0 Å². The first-order valence-electron chi connectivity index (χ1n) is 9.63. The SMILES string of the molecule is O=C(CSc1n[nH]c(-c2cccs2)n1)N(Cc1nnc(-c2ccccc2Cl)o1)C1CC1. The van der Waals surface area contributed by atoms with Gasteiger partial charge in [-0.05, 0) is 36.4 Å². The number of hydrogen-bond acceptors (Lipinski definition) is 8.